The van der Waals surface area contributed by atoms with Gasteiger partial charge in [0.1, 0.15) is 0 Å². The third-order valence-electron chi connectivity index (χ3n) is 5.56. The van der Waals surface area contributed by atoms with Gasteiger partial charge in [-0.1, -0.05) is 20.8 Å². The molecule has 2 bridgehead atoms. The van der Waals surface area contributed by atoms with Crippen LogP contribution in [0.4, 0.5) is 0 Å². The summed E-state index contributed by atoms with van der Waals surface area (Å²) >= 11 is 0. The molecule has 3 rings (SSSR count). The van der Waals surface area contributed by atoms with Crippen LogP contribution in [0.2, 0.25) is 0 Å². The summed E-state index contributed by atoms with van der Waals surface area (Å²) in [6, 6.07) is 3.21. The van der Waals surface area contributed by atoms with Crippen LogP contribution in [0, 0.1) is 16.7 Å². The van der Waals surface area contributed by atoms with Gasteiger partial charge in [-0.25, -0.2) is 0 Å². The molecule has 6 heteroatoms. The molecule has 0 unspecified atom stereocenters. The standard InChI is InChI=1S/C16H19N3O3/c1-15(2)11-6-7-16(15,3)14(22)19(13(11)21)18-12(20)10-5-4-8-17-9-10/h4-5,8-9,11H,6-7H2,1-3H3,(H,18,20)/t11-,16-/m1/s1. The summed E-state index contributed by atoms with van der Waals surface area (Å²) in [6.45, 7) is 5.80. The number of hydrogen-bond donors (Lipinski definition) is 1. The summed E-state index contributed by atoms with van der Waals surface area (Å²) in [4.78, 5) is 41.4. The van der Waals surface area contributed by atoms with Crippen molar-refractivity contribution in [3.63, 3.8) is 0 Å². The molecule has 1 aliphatic heterocycles. The number of rotatable bonds is 2. The minimum atomic E-state index is -0.631. The Hall–Kier alpha value is -2.24. The molecule has 1 aromatic rings. The maximum Gasteiger partial charge on any atom is 0.271 e. The molecule has 2 atom stereocenters. The second-order valence-corrected chi connectivity index (χ2v) is 6.81. The Labute approximate surface area is 128 Å². The Morgan fingerprint density at radius 2 is 2.09 bits per heavy atom. The van der Waals surface area contributed by atoms with Gasteiger partial charge in [0.2, 0.25) is 0 Å². The fourth-order valence-electron chi connectivity index (χ4n) is 3.59. The summed E-state index contributed by atoms with van der Waals surface area (Å²) in [5, 5.41) is 0.915. The first kappa shape index (κ1) is 14.7. The Kier molecular flexibility index (Phi) is 3.09. The number of aromatic nitrogens is 1. The lowest BCUT2D eigenvalue weighted by atomic mass is 9.63. The third-order valence-corrected chi connectivity index (χ3v) is 5.56. The van der Waals surface area contributed by atoms with Crippen LogP contribution >= 0.6 is 0 Å². The van der Waals surface area contributed by atoms with Gasteiger partial charge in [0.25, 0.3) is 17.7 Å². The molecular weight excluding hydrogens is 282 g/mol. The fourth-order valence-corrected chi connectivity index (χ4v) is 3.59. The van der Waals surface area contributed by atoms with E-state index in [2.05, 4.69) is 10.4 Å². The molecule has 2 fully saturated rings. The maximum absolute atomic E-state index is 12.8. The third kappa shape index (κ3) is 1.79. The Morgan fingerprint density at radius 3 is 2.73 bits per heavy atom. The van der Waals surface area contributed by atoms with Crippen molar-refractivity contribution in [3.8, 4) is 0 Å². The highest BCUT2D eigenvalue weighted by molar-refractivity contribution is 6.06. The predicted molar refractivity (Wildman–Crippen MR) is 78.2 cm³/mol. The highest BCUT2D eigenvalue weighted by Crippen LogP contribution is 2.59. The monoisotopic (exact) mass is 301 g/mol. The number of carbonyl (C=O) groups is 3. The molecule has 3 amide bonds. The van der Waals surface area contributed by atoms with Crippen LogP contribution in [-0.4, -0.2) is 27.7 Å². The Balaban J connectivity index is 1.89. The molecule has 1 N–H and O–H groups in total. The molecule has 6 nitrogen and oxygen atoms in total. The first-order valence-corrected chi connectivity index (χ1v) is 7.38. The van der Waals surface area contributed by atoms with Crippen molar-refractivity contribution in [3.05, 3.63) is 30.1 Å². The van der Waals surface area contributed by atoms with Gasteiger partial charge < -0.3 is 0 Å². The Bertz CT molecular complexity index is 656. The van der Waals surface area contributed by atoms with Gasteiger partial charge in [-0.15, -0.1) is 0 Å². The van der Waals surface area contributed by atoms with Crippen LogP contribution in [0.3, 0.4) is 0 Å². The topological polar surface area (TPSA) is 79.4 Å². The molecule has 116 valence electrons. The van der Waals surface area contributed by atoms with Gasteiger partial charge in [-0.05, 0) is 30.4 Å². The summed E-state index contributed by atoms with van der Waals surface area (Å²) in [6.07, 6.45) is 4.29. The van der Waals surface area contributed by atoms with E-state index in [1.807, 2.05) is 20.8 Å². The van der Waals surface area contributed by atoms with E-state index in [-0.39, 0.29) is 17.7 Å². The lowest BCUT2D eigenvalue weighted by Gasteiger charge is -2.47. The van der Waals surface area contributed by atoms with E-state index in [0.717, 1.165) is 5.01 Å². The summed E-state index contributed by atoms with van der Waals surface area (Å²) < 4.78 is 0. The van der Waals surface area contributed by atoms with Gasteiger partial charge in [-0.2, -0.15) is 5.01 Å². The van der Waals surface area contributed by atoms with Crippen molar-refractivity contribution >= 4 is 17.7 Å². The molecule has 22 heavy (non-hydrogen) atoms. The minimum Gasteiger partial charge on any atom is -0.272 e. The highest BCUT2D eigenvalue weighted by atomic mass is 16.2. The van der Waals surface area contributed by atoms with Crippen molar-refractivity contribution in [2.75, 3.05) is 0 Å². The van der Waals surface area contributed by atoms with Crippen molar-refractivity contribution in [2.45, 2.75) is 33.6 Å². The van der Waals surface area contributed by atoms with Gasteiger partial charge >= 0.3 is 0 Å². The maximum atomic E-state index is 12.8. The number of pyridine rings is 1. The van der Waals surface area contributed by atoms with E-state index in [4.69, 9.17) is 0 Å². The average Bonchev–Trinajstić information content (AvgIpc) is 2.69. The number of imide groups is 1. The second kappa shape index (κ2) is 4.63. The van der Waals surface area contributed by atoms with E-state index in [0.29, 0.717) is 18.4 Å². The number of fused-ring (bicyclic) bond motifs is 2. The lowest BCUT2D eigenvalue weighted by molar-refractivity contribution is -0.171. The van der Waals surface area contributed by atoms with E-state index >= 15 is 0 Å². The average molecular weight is 301 g/mol. The zero-order chi connectivity index (χ0) is 16.1. The molecule has 2 heterocycles. The first-order valence-electron chi connectivity index (χ1n) is 7.38. The van der Waals surface area contributed by atoms with Gasteiger partial charge in [0.05, 0.1) is 11.0 Å². The number of nitrogens with one attached hydrogen (secondary N) is 1. The van der Waals surface area contributed by atoms with Crippen LogP contribution in [0.1, 0.15) is 44.0 Å². The van der Waals surface area contributed by atoms with Gasteiger partial charge in [-0.3, -0.25) is 24.8 Å². The van der Waals surface area contributed by atoms with Crippen LogP contribution in [0.15, 0.2) is 24.5 Å². The molecule has 2 aliphatic rings. The smallest absolute Gasteiger partial charge is 0.271 e. The van der Waals surface area contributed by atoms with E-state index in [1.165, 1.54) is 6.20 Å². The molecule has 1 saturated heterocycles. The number of carbonyl (C=O) groups excluding carboxylic acids is 3. The SMILES string of the molecule is CC1(C)[C@@H]2CC[C@]1(C)C(=O)N(NC(=O)c1cccnc1)C2=O. The molecule has 1 saturated carbocycles. The summed E-state index contributed by atoms with van der Waals surface area (Å²) in [5.41, 5.74) is 1.74. The van der Waals surface area contributed by atoms with Crippen LogP contribution in [-0.2, 0) is 9.59 Å². The number of nitrogens with zero attached hydrogens (tertiary/aromatic N) is 2. The fraction of sp³-hybridized carbons (Fsp3) is 0.500. The Morgan fingerprint density at radius 1 is 1.36 bits per heavy atom. The lowest BCUT2D eigenvalue weighted by Crippen LogP contribution is -2.63. The van der Waals surface area contributed by atoms with Gasteiger partial charge in [0, 0.05) is 18.3 Å². The first-order chi connectivity index (χ1) is 10.3. The number of piperidine rings is 1. The summed E-state index contributed by atoms with van der Waals surface area (Å²) in [7, 11) is 0. The normalized spacial score (nSPS) is 29.6. The number of amides is 3. The zero-order valence-electron chi connectivity index (χ0n) is 12.9. The minimum absolute atomic E-state index is 0.246. The van der Waals surface area contributed by atoms with E-state index in [1.54, 1.807) is 18.3 Å². The molecule has 1 aliphatic carbocycles. The van der Waals surface area contributed by atoms with Crippen molar-refractivity contribution < 1.29 is 14.4 Å². The molecule has 0 spiro atoms. The van der Waals surface area contributed by atoms with Gasteiger partial charge in [0.15, 0.2) is 0 Å². The van der Waals surface area contributed by atoms with Crippen LogP contribution in [0.5, 0.6) is 0 Å². The van der Waals surface area contributed by atoms with Crippen molar-refractivity contribution in [2.24, 2.45) is 16.7 Å². The summed E-state index contributed by atoms with van der Waals surface area (Å²) in [5.74, 6) is -1.39. The largest absolute Gasteiger partial charge is 0.272 e. The van der Waals surface area contributed by atoms with E-state index < -0.39 is 16.7 Å². The highest BCUT2D eigenvalue weighted by Gasteiger charge is 2.64. The molecule has 0 aromatic carbocycles. The quantitative estimate of drug-likeness (QED) is 0.840. The van der Waals surface area contributed by atoms with Crippen LogP contribution < -0.4 is 5.43 Å². The predicted octanol–water partition coefficient (Wildman–Crippen LogP) is 1.54. The molecule has 0 radical (unpaired) electrons. The van der Waals surface area contributed by atoms with Crippen LogP contribution in [0.25, 0.3) is 0 Å². The second-order valence-electron chi connectivity index (χ2n) is 6.81. The van der Waals surface area contributed by atoms with E-state index in [9.17, 15) is 14.4 Å². The zero-order valence-corrected chi connectivity index (χ0v) is 12.9. The molecule has 1 aromatic heterocycles. The van der Waals surface area contributed by atoms with Crippen molar-refractivity contribution in [1.29, 1.82) is 0 Å². The molecular formula is C16H19N3O3. The number of hydrogen-bond acceptors (Lipinski definition) is 4. The number of hydrazine groups is 1. The van der Waals surface area contributed by atoms with Crippen molar-refractivity contribution in [1.82, 2.24) is 15.4 Å².